The maximum Gasteiger partial charge on any atom is 0.271 e. The number of anilines is 2. The lowest BCUT2D eigenvalue weighted by atomic mass is 10.2. The van der Waals surface area contributed by atoms with E-state index in [0.717, 1.165) is 23.5 Å². The van der Waals surface area contributed by atoms with Crippen LogP contribution in [0.25, 0.3) is 0 Å². The Kier molecular flexibility index (Phi) is 5.01. The molecule has 0 aliphatic rings. The summed E-state index contributed by atoms with van der Waals surface area (Å²) in [5.41, 5.74) is -0.168. The van der Waals surface area contributed by atoms with Crippen molar-refractivity contribution in [3.05, 3.63) is 77.2 Å². The number of hydrogen-bond acceptors (Lipinski definition) is 4. The van der Waals surface area contributed by atoms with Crippen LogP contribution >= 0.6 is 11.3 Å². The van der Waals surface area contributed by atoms with E-state index in [4.69, 9.17) is 0 Å². The minimum Gasteiger partial charge on any atom is -0.317 e. The second-order valence-electron chi connectivity index (χ2n) is 5.17. The van der Waals surface area contributed by atoms with Gasteiger partial charge in [-0.1, -0.05) is 12.1 Å². The fraction of sp³-hybridized carbons (Fsp3) is 0. The lowest BCUT2D eigenvalue weighted by Gasteiger charge is -2.09. The SMILES string of the molecule is O=C(Nc1c(F)cccc1F)c1ccc(NS(=O)(=O)c2cccs2)cc1. The van der Waals surface area contributed by atoms with Crippen LogP contribution in [0.4, 0.5) is 20.2 Å². The molecule has 1 heterocycles. The molecular weight excluding hydrogens is 382 g/mol. The molecule has 0 saturated carbocycles. The van der Waals surface area contributed by atoms with Crippen molar-refractivity contribution in [1.29, 1.82) is 0 Å². The van der Waals surface area contributed by atoms with Crippen LogP contribution in [0.2, 0.25) is 0 Å². The van der Waals surface area contributed by atoms with Gasteiger partial charge in [-0.05, 0) is 47.8 Å². The molecule has 1 amide bonds. The summed E-state index contributed by atoms with van der Waals surface area (Å²) in [5.74, 6) is -2.50. The van der Waals surface area contributed by atoms with Crippen molar-refractivity contribution in [3.8, 4) is 0 Å². The molecule has 0 saturated heterocycles. The Balaban J connectivity index is 1.74. The molecule has 0 spiro atoms. The van der Waals surface area contributed by atoms with Gasteiger partial charge in [0.1, 0.15) is 21.5 Å². The highest BCUT2D eigenvalue weighted by Crippen LogP contribution is 2.22. The fourth-order valence-electron chi connectivity index (χ4n) is 2.11. The number of nitrogens with one attached hydrogen (secondary N) is 2. The minimum absolute atomic E-state index is 0.117. The van der Waals surface area contributed by atoms with Gasteiger partial charge in [-0.3, -0.25) is 9.52 Å². The van der Waals surface area contributed by atoms with Crippen LogP contribution in [0.3, 0.4) is 0 Å². The van der Waals surface area contributed by atoms with Crippen molar-refractivity contribution in [2.75, 3.05) is 10.0 Å². The van der Waals surface area contributed by atoms with Gasteiger partial charge in [0.2, 0.25) is 0 Å². The monoisotopic (exact) mass is 394 g/mol. The van der Waals surface area contributed by atoms with Gasteiger partial charge in [-0.15, -0.1) is 11.3 Å². The first kappa shape index (κ1) is 18.0. The van der Waals surface area contributed by atoms with Crippen LogP contribution in [0, 0.1) is 11.6 Å². The molecule has 0 unspecified atom stereocenters. The van der Waals surface area contributed by atoms with Crippen LogP contribution in [-0.2, 0) is 10.0 Å². The summed E-state index contributed by atoms with van der Waals surface area (Å²) >= 11 is 1.08. The van der Waals surface area contributed by atoms with Crippen molar-refractivity contribution in [3.63, 3.8) is 0 Å². The summed E-state index contributed by atoms with van der Waals surface area (Å²) in [5, 5.41) is 3.80. The molecule has 0 bridgehead atoms. The number of rotatable bonds is 5. The zero-order valence-electron chi connectivity index (χ0n) is 13.1. The Bertz CT molecular complexity index is 1010. The molecule has 0 atom stereocenters. The van der Waals surface area contributed by atoms with Gasteiger partial charge in [-0.25, -0.2) is 17.2 Å². The molecule has 2 N–H and O–H groups in total. The van der Waals surface area contributed by atoms with Gasteiger partial charge in [0.25, 0.3) is 15.9 Å². The van der Waals surface area contributed by atoms with E-state index >= 15 is 0 Å². The van der Waals surface area contributed by atoms with E-state index in [0.29, 0.717) is 0 Å². The van der Waals surface area contributed by atoms with E-state index in [9.17, 15) is 22.0 Å². The summed E-state index contributed by atoms with van der Waals surface area (Å²) < 4.78 is 54.0. The number of carbonyl (C=O) groups excluding carboxylic acids is 1. The first-order chi connectivity index (χ1) is 12.4. The average molecular weight is 394 g/mol. The van der Waals surface area contributed by atoms with E-state index in [1.54, 1.807) is 11.4 Å². The molecule has 0 radical (unpaired) electrons. The van der Waals surface area contributed by atoms with E-state index in [2.05, 4.69) is 10.0 Å². The molecule has 0 aliphatic heterocycles. The third-order valence-corrected chi connectivity index (χ3v) is 6.14. The largest absolute Gasteiger partial charge is 0.317 e. The first-order valence-corrected chi connectivity index (χ1v) is 9.65. The molecule has 9 heteroatoms. The van der Waals surface area contributed by atoms with E-state index < -0.39 is 33.3 Å². The summed E-state index contributed by atoms with van der Waals surface area (Å²) in [6, 6.07) is 11.8. The molecule has 1 aromatic heterocycles. The summed E-state index contributed by atoms with van der Waals surface area (Å²) in [4.78, 5) is 12.1. The molecule has 3 rings (SSSR count). The number of para-hydroxylation sites is 1. The van der Waals surface area contributed by atoms with Crippen LogP contribution in [0.15, 0.2) is 64.2 Å². The Morgan fingerprint density at radius 2 is 1.58 bits per heavy atom. The Labute approximate surface area is 152 Å². The maximum atomic E-state index is 13.6. The van der Waals surface area contributed by atoms with Crippen molar-refractivity contribution < 1.29 is 22.0 Å². The van der Waals surface area contributed by atoms with Crippen molar-refractivity contribution in [1.82, 2.24) is 0 Å². The number of thiophene rings is 1. The first-order valence-electron chi connectivity index (χ1n) is 7.28. The Morgan fingerprint density at radius 3 is 2.15 bits per heavy atom. The van der Waals surface area contributed by atoms with Gasteiger partial charge >= 0.3 is 0 Å². The van der Waals surface area contributed by atoms with Crippen molar-refractivity contribution in [2.24, 2.45) is 0 Å². The molecule has 2 aromatic carbocycles. The molecule has 5 nitrogen and oxygen atoms in total. The van der Waals surface area contributed by atoms with Crippen LogP contribution in [0.5, 0.6) is 0 Å². The number of halogens is 2. The number of hydrogen-bond donors (Lipinski definition) is 2. The zero-order valence-corrected chi connectivity index (χ0v) is 14.7. The Morgan fingerprint density at radius 1 is 0.923 bits per heavy atom. The standard InChI is InChI=1S/C17H12F2N2O3S2/c18-13-3-1-4-14(19)16(13)20-17(22)11-6-8-12(9-7-11)21-26(23,24)15-5-2-10-25-15/h1-10,21H,(H,20,22). The summed E-state index contributed by atoms with van der Waals surface area (Å²) in [6.45, 7) is 0. The van der Waals surface area contributed by atoms with Gasteiger partial charge in [0.15, 0.2) is 0 Å². The van der Waals surface area contributed by atoms with Gasteiger partial charge in [0, 0.05) is 11.3 Å². The van der Waals surface area contributed by atoms with Gasteiger partial charge < -0.3 is 5.32 Å². The molecular formula is C17H12F2N2O3S2. The van der Waals surface area contributed by atoms with Crippen molar-refractivity contribution >= 4 is 38.6 Å². The molecule has 0 fully saturated rings. The second-order valence-corrected chi connectivity index (χ2v) is 8.02. The maximum absolute atomic E-state index is 13.6. The van der Waals surface area contributed by atoms with E-state index in [-0.39, 0.29) is 15.5 Å². The third-order valence-electron chi connectivity index (χ3n) is 3.36. The number of carbonyl (C=O) groups is 1. The highest BCUT2D eigenvalue weighted by Gasteiger charge is 2.16. The van der Waals surface area contributed by atoms with Crippen LogP contribution in [0.1, 0.15) is 10.4 Å². The molecule has 3 aromatic rings. The van der Waals surface area contributed by atoms with Gasteiger partial charge in [-0.2, -0.15) is 0 Å². The van der Waals surface area contributed by atoms with E-state index in [1.807, 2.05) is 0 Å². The quantitative estimate of drug-likeness (QED) is 0.685. The van der Waals surface area contributed by atoms with Crippen molar-refractivity contribution in [2.45, 2.75) is 4.21 Å². The molecule has 0 aliphatic carbocycles. The Hall–Kier alpha value is -2.78. The molecule has 26 heavy (non-hydrogen) atoms. The average Bonchev–Trinajstić information content (AvgIpc) is 3.14. The minimum atomic E-state index is -3.69. The van der Waals surface area contributed by atoms with Crippen LogP contribution < -0.4 is 10.0 Å². The summed E-state index contributed by atoms with van der Waals surface area (Å²) in [6.07, 6.45) is 0. The molecule has 134 valence electrons. The topological polar surface area (TPSA) is 75.3 Å². The van der Waals surface area contributed by atoms with Gasteiger partial charge in [0.05, 0.1) is 0 Å². The smallest absolute Gasteiger partial charge is 0.271 e. The lowest BCUT2D eigenvalue weighted by Crippen LogP contribution is -2.15. The van der Waals surface area contributed by atoms with Crippen LogP contribution in [-0.4, -0.2) is 14.3 Å². The fourth-order valence-corrected chi connectivity index (χ4v) is 4.17. The highest BCUT2D eigenvalue weighted by atomic mass is 32.2. The highest BCUT2D eigenvalue weighted by molar-refractivity contribution is 7.94. The number of sulfonamides is 1. The number of amides is 1. The lowest BCUT2D eigenvalue weighted by molar-refractivity contribution is 0.102. The normalized spacial score (nSPS) is 11.2. The predicted molar refractivity (Wildman–Crippen MR) is 95.9 cm³/mol. The number of benzene rings is 2. The third kappa shape index (κ3) is 3.89. The summed E-state index contributed by atoms with van der Waals surface area (Å²) in [7, 11) is -3.69. The second kappa shape index (κ2) is 7.22. The van der Waals surface area contributed by atoms with E-state index in [1.165, 1.54) is 36.4 Å². The zero-order chi connectivity index (χ0) is 18.7. The predicted octanol–water partition coefficient (Wildman–Crippen LogP) is 4.08.